The summed E-state index contributed by atoms with van der Waals surface area (Å²) in [6.45, 7) is 13.9. The standard InChI is InChI=1S/C16H33NO3/c1-14(2)8-6-10-19-12-16(4,5)13-20-11-7-9-17-15(3)18/h14H,6-13H2,1-5H3,(H,17,18). The second-order valence-electron chi connectivity index (χ2n) is 6.64. The second kappa shape index (κ2) is 11.1. The molecule has 20 heavy (non-hydrogen) atoms. The van der Waals surface area contributed by atoms with Crippen LogP contribution in [0.4, 0.5) is 0 Å². The summed E-state index contributed by atoms with van der Waals surface area (Å²) in [5.41, 5.74) is 0.0475. The molecule has 0 saturated heterocycles. The van der Waals surface area contributed by atoms with Crippen LogP contribution < -0.4 is 5.32 Å². The van der Waals surface area contributed by atoms with Crippen molar-refractivity contribution in [3.05, 3.63) is 0 Å². The topological polar surface area (TPSA) is 47.6 Å². The van der Waals surface area contributed by atoms with Gasteiger partial charge < -0.3 is 14.8 Å². The average Bonchev–Trinajstić information content (AvgIpc) is 2.32. The minimum Gasteiger partial charge on any atom is -0.381 e. The Morgan fingerprint density at radius 3 is 2.15 bits per heavy atom. The Kier molecular flexibility index (Phi) is 10.8. The maximum Gasteiger partial charge on any atom is 0.216 e. The Labute approximate surface area is 124 Å². The molecule has 0 unspecified atom stereocenters. The van der Waals surface area contributed by atoms with E-state index in [-0.39, 0.29) is 11.3 Å². The highest BCUT2D eigenvalue weighted by Crippen LogP contribution is 2.16. The van der Waals surface area contributed by atoms with E-state index in [1.54, 1.807) is 0 Å². The molecule has 0 aromatic carbocycles. The number of hydrogen-bond acceptors (Lipinski definition) is 3. The van der Waals surface area contributed by atoms with Crippen molar-refractivity contribution in [1.82, 2.24) is 5.32 Å². The van der Waals surface area contributed by atoms with Crippen molar-refractivity contribution in [2.75, 3.05) is 33.0 Å². The lowest BCUT2D eigenvalue weighted by molar-refractivity contribution is -0.119. The average molecular weight is 287 g/mol. The molecule has 0 atom stereocenters. The van der Waals surface area contributed by atoms with Crippen molar-refractivity contribution in [3.8, 4) is 0 Å². The summed E-state index contributed by atoms with van der Waals surface area (Å²) in [6, 6.07) is 0. The first-order valence-electron chi connectivity index (χ1n) is 7.73. The van der Waals surface area contributed by atoms with Crippen LogP contribution in [0.2, 0.25) is 0 Å². The predicted octanol–water partition coefficient (Wildman–Crippen LogP) is 3.01. The van der Waals surface area contributed by atoms with E-state index in [1.165, 1.54) is 13.3 Å². The van der Waals surface area contributed by atoms with Gasteiger partial charge in [-0.1, -0.05) is 27.7 Å². The van der Waals surface area contributed by atoms with Crippen molar-refractivity contribution in [3.63, 3.8) is 0 Å². The van der Waals surface area contributed by atoms with Crippen LogP contribution in [0.1, 0.15) is 53.9 Å². The van der Waals surface area contributed by atoms with Gasteiger partial charge in [-0.2, -0.15) is 0 Å². The smallest absolute Gasteiger partial charge is 0.216 e. The lowest BCUT2D eigenvalue weighted by Crippen LogP contribution is -2.27. The van der Waals surface area contributed by atoms with Crippen molar-refractivity contribution in [1.29, 1.82) is 0 Å². The van der Waals surface area contributed by atoms with E-state index in [2.05, 4.69) is 33.0 Å². The van der Waals surface area contributed by atoms with Crippen molar-refractivity contribution in [2.45, 2.75) is 53.9 Å². The fraction of sp³-hybridized carbons (Fsp3) is 0.938. The van der Waals surface area contributed by atoms with Crippen LogP contribution in [0, 0.1) is 11.3 Å². The Hall–Kier alpha value is -0.610. The molecule has 0 fully saturated rings. The van der Waals surface area contributed by atoms with Gasteiger partial charge in [0.1, 0.15) is 0 Å². The third-order valence-electron chi connectivity index (χ3n) is 2.90. The molecular formula is C16H33NO3. The molecule has 4 heteroatoms. The summed E-state index contributed by atoms with van der Waals surface area (Å²) in [7, 11) is 0. The SMILES string of the molecule is CC(=O)NCCCOCC(C)(C)COCCCC(C)C. The van der Waals surface area contributed by atoms with Gasteiger partial charge in [-0.15, -0.1) is 0 Å². The minimum absolute atomic E-state index is 0.0140. The normalized spacial score (nSPS) is 11.9. The molecule has 0 aromatic rings. The van der Waals surface area contributed by atoms with E-state index < -0.39 is 0 Å². The van der Waals surface area contributed by atoms with Gasteiger partial charge >= 0.3 is 0 Å². The number of hydrogen-bond donors (Lipinski definition) is 1. The van der Waals surface area contributed by atoms with Gasteiger partial charge in [0, 0.05) is 32.1 Å². The third-order valence-corrected chi connectivity index (χ3v) is 2.90. The van der Waals surface area contributed by atoms with Crippen LogP contribution in [0.25, 0.3) is 0 Å². The molecule has 0 aliphatic heterocycles. The Morgan fingerprint density at radius 1 is 1.10 bits per heavy atom. The molecule has 4 nitrogen and oxygen atoms in total. The van der Waals surface area contributed by atoms with Crippen LogP contribution in [0.5, 0.6) is 0 Å². The van der Waals surface area contributed by atoms with Crippen LogP contribution in [0.15, 0.2) is 0 Å². The number of rotatable bonds is 12. The molecule has 0 saturated carbocycles. The van der Waals surface area contributed by atoms with Gasteiger partial charge in [-0.25, -0.2) is 0 Å². The molecule has 0 aliphatic rings. The molecular weight excluding hydrogens is 254 g/mol. The maximum absolute atomic E-state index is 10.7. The highest BCUT2D eigenvalue weighted by atomic mass is 16.5. The third kappa shape index (κ3) is 13.8. The fourth-order valence-electron chi connectivity index (χ4n) is 1.77. The van der Waals surface area contributed by atoms with Crippen LogP contribution in [-0.2, 0) is 14.3 Å². The summed E-state index contributed by atoms with van der Waals surface area (Å²) >= 11 is 0. The van der Waals surface area contributed by atoms with Gasteiger partial charge in [-0.3, -0.25) is 4.79 Å². The number of carbonyl (C=O) groups excluding carboxylic acids is 1. The van der Waals surface area contributed by atoms with E-state index in [0.717, 1.165) is 32.0 Å². The molecule has 1 N–H and O–H groups in total. The van der Waals surface area contributed by atoms with E-state index in [0.29, 0.717) is 19.8 Å². The van der Waals surface area contributed by atoms with E-state index >= 15 is 0 Å². The van der Waals surface area contributed by atoms with Crippen molar-refractivity contribution < 1.29 is 14.3 Å². The van der Waals surface area contributed by atoms with E-state index in [1.807, 2.05) is 0 Å². The molecule has 1 amide bonds. The molecule has 0 spiro atoms. The Morgan fingerprint density at radius 2 is 1.65 bits per heavy atom. The van der Waals surface area contributed by atoms with Gasteiger partial charge in [0.25, 0.3) is 0 Å². The van der Waals surface area contributed by atoms with Crippen LogP contribution in [-0.4, -0.2) is 38.9 Å². The molecule has 0 aliphatic carbocycles. The molecule has 0 rings (SSSR count). The monoisotopic (exact) mass is 287 g/mol. The van der Waals surface area contributed by atoms with E-state index in [4.69, 9.17) is 9.47 Å². The summed E-state index contributed by atoms with van der Waals surface area (Å²) in [4.78, 5) is 10.7. The minimum atomic E-state index is 0.0140. The second-order valence-corrected chi connectivity index (χ2v) is 6.64. The Balaban J connectivity index is 3.46. The summed E-state index contributed by atoms with van der Waals surface area (Å²) < 4.78 is 11.4. The number of nitrogens with one attached hydrogen (secondary N) is 1. The first-order valence-corrected chi connectivity index (χ1v) is 7.73. The van der Waals surface area contributed by atoms with Crippen LogP contribution >= 0.6 is 0 Å². The zero-order valence-corrected chi connectivity index (χ0v) is 14.0. The first kappa shape index (κ1) is 19.4. The lowest BCUT2D eigenvalue weighted by atomic mass is 9.96. The molecule has 0 radical (unpaired) electrons. The summed E-state index contributed by atoms with van der Waals surface area (Å²) in [6.07, 6.45) is 3.20. The molecule has 0 heterocycles. The summed E-state index contributed by atoms with van der Waals surface area (Å²) in [5, 5.41) is 2.76. The largest absolute Gasteiger partial charge is 0.381 e. The van der Waals surface area contributed by atoms with Gasteiger partial charge in [-0.05, 0) is 25.2 Å². The number of ether oxygens (including phenoxy) is 2. The maximum atomic E-state index is 10.7. The van der Waals surface area contributed by atoms with Gasteiger partial charge in [0.05, 0.1) is 13.2 Å². The zero-order valence-electron chi connectivity index (χ0n) is 14.0. The highest BCUT2D eigenvalue weighted by Gasteiger charge is 2.18. The predicted molar refractivity (Wildman–Crippen MR) is 82.8 cm³/mol. The Bertz CT molecular complexity index is 252. The fourth-order valence-corrected chi connectivity index (χ4v) is 1.77. The van der Waals surface area contributed by atoms with Gasteiger partial charge in [0.2, 0.25) is 5.91 Å². The first-order chi connectivity index (χ1) is 9.33. The molecule has 0 bridgehead atoms. The van der Waals surface area contributed by atoms with E-state index in [9.17, 15) is 4.79 Å². The van der Waals surface area contributed by atoms with Crippen LogP contribution in [0.3, 0.4) is 0 Å². The molecule has 0 aromatic heterocycles. The quantitative estimate of drug-likeness (QED) is 0.561. The molecule has 120 valence electrons. The van der Waals surface area contributed by atoms with Gasteiger partial charge in [0.15, 0.2) is 0 Å². The highest BCUT2D eigenvalue weighted by molar-refractivity contribution is 5.72. The van der Waals surface area contributed by atoms with Crippen molar-refractivity contribution >= 4 is 5.91 Å². The lowest BCUT2D eigenvalue weighted by Gasteiger charge is -2.24. The number of carbonyl (C=O) groups is 1. The number of amides is 1. The van der Waals surface area contributed by atoms with Crippen molar-refractivity contribution in [2.24, 2.45) is 11.3 Å². The summed E-state index contributed by atoms with van der Waals surface area (Å²) in [5.74, 6) is 0.763. The zero-order chi connectivity index (χ0) is 15.4.